The Kier molecular flexibility index (Phi) is 5.08. The molecule has 0 aliphatic carbocycles. The van der Waals surface area contributed by atoms with E-state index in [1.165, 1.54) is 11.1 Å². The van der Waals surface area contributed by atoms with E-state index in [2.05, 4.69) is 39.8 Å². The van der Waals surface area contributed by atoms with Crippen LogP contribution in [0.2, 0.25) is 5.02 Å². The van der Waals surface area contributed by atoms with Crippen molar-refractivity contribution in [1.29, 1.82) is 0 Å². The molecule has 0 bridgehead atoms. The molecule has 0 saturated carbocycles. The zero-order valence-electron chi connectivity index (χ0n) is 13.0. The van der Waals surface area contributed by atoms with Gasteiger partial charge in [-0.25, -0.2) is 9.67 Å². The zero-order chi connectivity index (χ0) is 16.9. The highest BCUT2D eigenvalue weighted by Gasteiger charge is 2.06. The van der Waals surface area contributed by atoms with Crippen LogP contribution in [-0.2, 0) is 6.54 Å². The predicted molar refractivity (Wildman–Crippen MR) is 102 cm³/mol. The number of aromatic nitrogens is 3. The molecule has 1 aromatic heterocycles. The number of thiocarbonyl (C=S) groups is 1. The van der Waals surface area contributed by atoms with Gasteiger partial charge >= 0.3 is 0 Å². The smallest absolute Gasteiger partial charge is 0.248 e. The summed E-state index contributed by atoms with van der Waals surface area (Å²) in [6.45, 7) is 2.74. The second-order valence-corrected chi connectivity index (χ2v) is 6.07. The summed E-state index contributed by atoms with van der Waals surface area (Å²) in [5, 5.41) is 11.4. The number of halogens is 1. The van der Waals surface area contributed by atoms with E-state index in [1.54, 1.807) is 17.1 Å². The lowest BCUT2D eigenvalue weighted by atomic mass is 10.1. The van der Waals surface area contributed by atoms with E-state index < -0.39 is 0 Å². The summed E-state index contributed by atoms with van der Waals surface area (Å²) in [5.74, 6) is 0.438. The van der Waals surface area contributed by atoms with E-state index in [9.17, 15) is 0 Å². The van der Waals surface area contributed by atoms with Gasteiger partial charge in [-0.15, -0.1) is 5.10 Å². The number of aryl methyl sites for hydroxylation is 1. The van der Waals surface area contributed by atoms with Gasteiger partial charge in [0.05, 0.1) is 17.3 Å². The number of nitrogens with one attached hydrogen (secondary N) is 2. The largest absolute Gasteiger partial charge is 0.331 e. The Morgan fingerprint density at radius 1 is 1.12 bits per heavy atom. The van der Waals surface area contributed by atoms with Crippen LogP contribution in [0, 0.1) is 6.92 Å². The molecule has 0 spiro atoms. The predicted octanol–water partition coefficient (Wildman–Crippen LogP) is 4.10. The minimum Gasteiger partial charge on any atom is -0.331 e. The van der Waals surface area contributed by atoms with E-state index in [-0.39, 0.29) is 0 Å². The van der Waals surface area contributed by atoms with Crippen LogP contribution in [0.15, 0.2) is 54.9 Å². The van der Waals surface area contributed by atoms with Crippen molar-refractivity contribution in [2.24, 2.45) is 0 Å². The summed E-state index contributed by atoms with van der Waals surface area (Å²) in [6.07, 6.45) is 1.67. The molecule has 24 heavy (non-hydrogen) atoms. The number of anilines is 2. The number of hydrogen-bond acceptors (Lipinski definition) is 3. The van der Waals surface area contributed by atoms with Gasteiger partial charge < -0.3 is 5.32 Å². The quantitative estimate of drug-likeness (QED) is 0.688. The topological polar surface area (TPSA) is 54.8 Å². The third kappa shape index (κ3) is 4.10. The first-order chi connectivity index (χ1) is 11.6. The average Bonchev–Trinajstić information content (AvgIpc) is 2.99. The molecule has 0 amide bonds. The second kappa shape index (κ2) is 7.42. The van der Waals surface area contributed by atoms with Crippen LogP contribution in [0.25, 0.3) is 0 Å². The molecule has 5 nitrogen and oxygen atoms in total. The lowest BCUT2D eigenvalue weighted by molar-refractivity contribution is 0.684. The third-order valence-corrected chi connectivity index (χ3v) is 4.01. The summed E-state index contributed by atoms with van der Waals surface area (Å²) in [6, 6.07) is 15.6. The van der Waals surface area contributed by atoms with Crippen LogP contribution in [-0.4, -0.2) is 19.9 Å². The Bertz CT molecular complexity index is 861. The van der Waals surface area contributed by atoms with Gasteiger partial charge in [0.25, 0.3) is 0 Å². The maximum atomic E-state index is 6.10. The van der Waals surface area contributed by atoms with Crippen LogP contribution in [0.3, 0.4) is 0 Å². The van der Waals surface area contributed by atoms with Crippen LogP contribution in [0.5, 0.6) is 0 Å². The van der Waals surface area contributed by atoms with Gasteiger partial charge in [-0.05, 0) is 42.4 Å². The first-order valence-electron chi connectivity index (χ1n) is 7.38. The number of rotatable bonds is 4. The van der Waals surface area contributed by atoms with Crippen molar-refractivity contribution >= 4 is 40.6 Å². The number of hydrogen-bond donors (Lipinski definition) is 2. The highest BCUT2D eigenvalue weighted by molar-refractivity contribution is 7.80. The lowest BCUT2D eigenvalue weighted by Crippen LogP contribution is -2.20. The highest BCUT2D eigenvalue weighted by atomic mass is 35.5. The second-order valence-electron chi connectivity index (χ2n) is 5.25. The molecule has 3 rings (SSSR count). The molecule has 7 heteroatoms. The third-order valence-electron chi connectivity index (χ3n) is 3.48. The van der Waals surface area contributed by atoms with E-state index in [1.807, 2.05) is 30.3 Å². The summed E-state index contributed by atoms with van der Waals surface area (Å²) >= 11 is 11.4. The summed E-state index contributed by atoms with van der Waals surface area (Å²) < 4.78 is 1.77. The molecule has 0 aliphatic rings. The van der Waals surface area contributed by atoms with E-state index in [0.29, 0.717) is 22.6 Å². The molecule has 0 aliphatic heterocycles. The van der Waals surface area contributed by atoms with Crippen LogP contribution in [0.1, 0.15) is 11.1 Å². The first-order valence-corrected chi connectivity index (χ1v) is 8.17. The molecular formula is C17H16ClN5S. The molecule has 0 unspecified atom stereocenters. The summed E-state index contributed by atoms with van der Waals surface area (Å²) in [7, 11) is 0. The fourth-order valence-corrected chi connectivity index (χ4v) is 2.59. The van der Waals surface area contributed by atoms with Crippen LogP contribution in [0.4, 0.5) is 11.6 Å². The van der Waals surface area contributed by atoms with Gasteiger partial charge in [0, 0.05) is 0 Å². The van der Waals surface area contributed by atoms with E-state index in [0.717, 1.165) is 5.69 Å². The Balaban J connectivity index is 1.63. The SMILES string of the molecule is Cc1ccccc1Cn1cnc(NC(=S)Nc2ccccc2Cl)n1. The fourth-order valence-electron chi connectivity index (χ4n) is 2.21. The first kappa shape index (κ1) is 16.4. The minimum atomic E-state index is 0.386. The van der Waals surface area contributed by atoms with Crippen molar-refractivity contribution in [2.75, 3.05) is 10.6 Å². The number of para-hydroxylation sites is 1. The molecule has 2 N–H and O–H groups in total. The Morgan fingerprint density at radius 3 is 2.67 bits per heavy atom. The monoisotopic (exact) mass is 357 g/mol. The lowest BCUT2D eigenvalue weighted by Gasteiger charge is -2.09. The van der Waals surface area contributed by atoms with Gasteiger partial charge in [0.1, 0.15) is 6.33 Å². The van der Waals surface area contributed by atoms with Crippen LogP contribution >= 0.6 is 23.8 Å². The Labute approximate surface area is 150 Å². The van der Waals surface area contributed by atoms with Crippen molar-refractivity contribution in [3.05, 3.63) is 71.0 Å². The average molecular weight is 358 g/mol. The molecular weight excluding hydrogens is 342 g/mol. The summed E-state index contributed by atoms with van der Waals surface area (Å²) in [4.78, 5) is 4.23. The molecule has 122 valence electrons. The fraction of sp³-hybridized carbons (Fsp3) is 0.118. The van der Waals surface area contributed by atoms with Gasteiger partial charge in [-0.1, -0.05) is 48.0 Å². The van der Waals surface area contributed by atoms with Crippen molar-refractivity contribution in [1.82, 2.24) is 14.8 Å². The number of nitrogens with zero attached hydrogens (tertiary/aromatic N) is 3. The molecule has 0 saturated heterocycles. The van der Waals surface area contributed by atoms with Crippen molar-refractivity contribution in [2.45, 2.75) is 13.5 Å². The van der Waals surface area contributed by atoms with Crippen LogP contribution < -0.4 is 10.6 Å². The number of benzene rings is 2. The molecule has 2 aromatic carbocycles. The van der Waals surface area contributed by atoms with E-state index in [4.69, 9.17) is 23.8 Å². The molecule has 0 radical (unpaired) electrons. The minimum absolute atomic E-state index is 0.386. The zero-order valence-corrected chi connectivity index (χ0v) is 14.6. The Hall–Kier alpha value is -2.44. The molecule has 3 aromatic rings. The van der Waals surface area contributed by atoms with Crippen molar-refractivity contribution < 1.29 is 0 Å². The molecule has 0 atom stereocenters. The maximum absolute atomic E-state index is 6.10. The van der Waals surface area contributed by atoms with Crippen molar-refractivity contribution in [3.63, 3.8) is 0 Å². The van der Waals surface area contributed by atoms with Gasteiger partial charge in [0.15, 0.2) is 5.11 Å². The van der Waals surface area contributed by atoms with Gasteiger partial charge in [0.2, 0.25) is 5.95 Å². The molecule has 0 fully saturated rings. The highest BCUT2D eigenvalue weighted by Crippen LogP contribution is 2.20. The maximum Gasteiger partial charge on any atom is 0.248 e. The normalized spacial score (nSPS) is 10.4. The van der Waals surface area contributed by atoms with Gasteiger partial charge in [-0.3, -0.25) is 5.32 Å². The molecule has 1 heterocycles. The Morgan fingerprint density at radius 2 is 1.88 bits per heavy atom. The standard InChI is InChI=1S/C17H16ClN5S/c1-12-6-2-3-7-13(12)10-23-11-19-16(22-23)21-17(24)20-15-9-5-4-8-14(15)18/h2-9,11H,10H2,1H3,(H2,20,21,22,24). The van der Waals surface area contributed by atoms with Gasteiger partial charge in [-0.2, -0.15) is 0 Å². The van der Waals surface area contributed by atoms with E-state index >= 15 is 0 Å². The summed E-state index contributed by atoms with van der Waals surface area (Å²) in [5.41, 5.74) is 3.15. The van der Waals surface area contributed by atoms with Crippen molar-refractivity contribution in [3.8, 4) is 0 Å².